The Balaban J connectivity index is 2.03. The molecule has 0 aliphatic carbocycles. The average molecular weight is 372 g/mol. The maximum absolute atomic E-state index is 10.9. The summed E-state index contributed by atoms with van der Waals surface area (Å²) < 4.78 is 12.0. The van der Waals surface area contributed by atoms with Crippen molar-refractivity contribution >= 4 is 11.9 Å². The molecule has 0 aliphatic rings. The molecular weight excluding hydrogens is 348 g/mol. The standard InChI is InChI=1S/C21H24O6/c1-20(2,26-16-9-5-14(6-10-16)18(22)23)13-21(3,4)27-17-11-7-15(8-12-17)19(24)25/h5-12H,13H2,1-4H3,(H,22,23)(H,24,25). The van der Waals surface area contributed by atoms with Gasteiger partial charge < -0.3 is 19.7 Å². The molecule has 2 aromatic rings. The number of carboxylic acid groups (broad SMARTS) is 2. The van der Waals surface area contributed by atoms with E-state index in [0.717, 1.165) is 0 Å². The largest absolute Gasteiger partial charge is 0.488 e. The fraction of sp³-hybridized carbons (Fsp3) is 0.333. The van der Waals surface area contributed by atoms with Crippen molar-refractivity contribution in [2.75, 3.05) is 0 Å². The number of ether oxygens (including phenoxy) is 2. The highest BCUT2D eigenvalue weighted by Crippen LogP contribution is 2.30. The van der Waals surface area contributed by atoms with Crippen molar-refractivity contribution in [3.63, 3.8) is 0 Å². The maximum atomic E-state index is 10.9. The summed E-state index contributed by atoms with van der Waals surface area (Å²) in [5, 5.41) is 17.9. The van der Waals surface area contributed by atoms with E-state index in [4.69, 9.17) is 19.7 Å². The Labute approximate surface area is 158 Å². The van der Waals surface area contributed by atoms with Gasteiger partial charge in [-0.1, -0.05) is 0 Å². The first-order valence-corrected chi connectivity index (χ1v) is 8.52. The number of hydrogen-bond acceptors (Lipinski definition) is 4. The highest BCUT2D eigenvalue weighted by molar-refractivity contribution is 5.88. The predicted octanol–water partition coefficient (Wildman–Crippen LogP) is 4.49. The van der Waals surface area contributed by atoms with Crippen molar-refractivity contribution in [2.24, 2.45) is 0 Å². The fourth-order valence-electron chi connectivity index (χ4n) is 3.07. The smallest absolute Gasteiger partial charge is 0.335 e. The third kappa shape index (κ3) is 6.02. The Kier molecular flexibility index (Phi) is 5.78. The van der Waals surface area contributed by atoms with Crippen LogP contribution in [0.4, 0.5) is 0 Å². The molecule has 0 spiro atoms. The molecule has 0 heterocycles. The van der Waals surface area contributed by atoms with E-state index in [0.29, 0.717) is 17.9 Å². The monoisotopic (exact) mass is 372 g/mol. The lowest BCUT2D eigenvalue weighted by Gasteiger charge is -2.35. The number of carboxylic acids is 2. The fourth-order valence-corrected chi connectivity index (χ4v) is 3.07. The Morgan fingerprint density at radius 3 is 1.26 bits per heavy atom. The van der Waals surface area contributed by atoms with Gasteiger partial charge in [0, 0.05) is 6.42 Å². The summed E-state index contributed by atoms with van der Waals surface area (Å²) in [5.41, 5.74) is -0.743. The molecular formula is C21H24O6. The van der Waals surface area contributed by atoms with Crippen LogP contribution in [0.5, 0.6) is 11.5 Å². The highest BCUT2D eigenvalue weighted by Gasteiger charge is 2.32. The van der Waals surface area contributed by atoms with E-state index in [1.807, 2.05) is 27.7 Å². The highest BCUT2D eigenvalue weighted by atomic mass is 16.5. The first-order valence-electron chi connectivity index (χ1n) is 8.52. The maximum Gasteiger partial charge on any atom is 0.335 e. The minimum absolute atomic E-state index is 0.202. The van der Waals surface area contributed by atoms with E-state index in [9.17, 15) is 9.59 Å². The summed E-state index contributed by atoms with van der Waals surface area (Å²) in [4.78, 5) is 21.9. The van der Waals surface area contributed by atoms with Gasteiger partial charge in [-0.2, -0.15) is 0 Å². The lowest BCUT2D eigenvalue weighted by atomic mass is 9.92. The molecule has 0 unspecified atom stereocenters. The Morgan fingerprint density at radius 2 is 1.00 bits per heavy atom. The number of carbonyl (C=O) groups is 2. The van der Waals surface area contributed by atoms with E-state index in [1.165, 1.54) is 24.3 Å². The zero-order valence-electron chi connectivity index (χ0n) is 15.9. The molecule has 0 atom stereocenters. The molecule has 0 amide bonds. The summed E-state index contributed by atoms with van der Waals surface area (Å²) in [7, 11) is 0. The summed E-state index contributed by atoms with van der Waals surface area (Å²) >= 11 is 0. The molecule has 2 rings (SSSR count). The van der Waals surface area contributed by atoms with Gasteiger partial charge in [0.1, 0.15) is 22.7 Å². The quantitative estimate of drug-likeness (QED) is 0.709. The molecule has 2 aromatic carbocycles. The molecule has 0 aliphatic heterocycles. The number of hydrogen-bond donors (Lipinski definition) is 2. The number of rotatable bonds is 8. The van der Waals surface area contributed by atoms with Crippen LogP contribution in [0.2, 0.25) is 0 Å². The lowest BCUT2D eigenvalue weighted by molar-refractivity contribution is 0.00505. The van der Waals surface area contributed by atoms with Gasteiger partial charge in [-0.15, -0.1) is 0 Å². The van der Waals surface area contributed by atoms with E-state index >= 15 is 0 Å². The van der Waals surface area contributed by atoms with Crippen LogP contribution in [0.25, 0.3) is 0 Å². The molecule has 6 nitrogen and oxygen atoms in total. The lowest BCUT2D eigenvalue weighted by Crippen LogP contribution is -2.41. The zero-order valence-corrected chi connectivity index (χ0v) is 15.9. The molecule has 0 saturated heterocycles. The molecule has 0 fully saturated rings. The molecule has 144 valence electrons. The van der Waals surface area contributed by atoms with E-state index in [-0.39, 0.29) is 11.1 Å². The van der Waals surface area contributed by atoms with Crippen molar-refractivity contribution in [2.45, 2.75) is 45.3 Å². The van der Waals surface area contributed by atoms with Crippen molar-refractivity contribution in [3.05, 3.63) is 59.7 Å². The van der Waals surface area contributed by atoms with Gasteiger partial charge in [-0.05, 0) is 76.2 Å². The molecule has 0 bridgehead atoms. The first kappa shape index (κ1) is 20.3. The van der Waals surface area contributed by atoms with Gasteiger partial charge in [0.2, 0.25) is 0 Å². The van der Waals surface area contributed by atoms with Gasteiger partial charge in [0.05, 0.1) is 11.1 Å². The van der Waals surface area contributed by atoms with Crippen molar-refractivity contribution in [1.82, 2.24) is 0 Å². The van der Waals surface area contributed by atoms with Crippen molar-refractivity contribution in [3.8, 4) is 11.5 Å². The van der Waals surface area contributed by atoms with Gasteiger partial charge in [0.25, 0.3) is 0 Å². The van der Waals surface area contributed by atoms with Crippen LogP contribution in [0.3, 0.4) is 0 Å². The first-order chi connectivity index (χ1) is 12.5. The third-order valence-corrected chi connectivity index (χ3v) is 3.84. The van der Waals surface area contributed by atoms with Gasteiger partial charge in [-0.3, -0.25) is 0 Å². The average Bonchev–Trinajstić information content (AvgIpc) is 2.53. The zero-order chi connectivity index (χ0) is 20.2. The minimum Gasteiger partial charge on any atom is -0.488 e. The second-order valence-corrected chi connectivity index (χ2v) is 7.56. The van der Waals surface area contributed by atoms with Crippen molar-refractivity contribution < 1.29 is 29.3 Å². The normalized spacial score (nSPS) is 11.7. The summed E-state index contributed by atoms with van der Waals surface area (Å²) in [5.74, 6) is -0.813. The van der Waals surface area contributed by atoms with Gasteiger partial charge >= 0.3 is 11.9 Å². The van der Waals surface area contributed by atoms with Crippen molar-refractivity contribution in [1.29, 1.82) is 0 Å². The Hall–Kier alpha value is -3.02. The Morgan fingerprint density at radius 1 is 0.704 bits per heavy atom. The minimum atomic E-state index is -0.982. The van der Waals surface area contributed by atoms with Crippen LogP contribution < -0.4 is 9.47 Å². The van der Waals surface area contributed by atoms with Crippen LogP contribution in [0, 0.1) is 0 Å². The molecule has 0 aromatic heterocycles. The number of aromatic carboxylic acids is 2. The van der Waals surface area contributed by atoms with E-state index in [1.54, 1.807) is 24.3 Å². The molecule has 0 radical (unpaired) electrons. The Bertz CT molecular complexity index is 734. The summed E-state index contributed by atoms with van der Waals surface area (Å²) in [6.45, 7) is 7.71. The molecule has 0 saturated carbocycles. The predicted molar refractivity (Wildman–Crippen MR) is 101 cm³/mol. The van der Waals surface area contributed by atoms with Crippen LogP contribution in [0.15, 0.2) is 48.5 Å². The van der Waals surface area contributed by atoms with Crippen LogP contribution >= 0.6 is 0 Å². The number of benzene rings is 2. The van der Waals surface area contributed by atoms with E-state index < -0.39 is 23.1 Å². The summed E-state index contributed by atoms with van der Waals surface area (Å²) in [6, 6.07) is 12.5. The second-order valence-electron chi connectivity index (χ2n) is 7.56. The van der Waals surface area contributed by atoms with Gasteiger partial charge in [-0.25, -0.2) is 9.59 Å². The van der Waals surface area contributed by atoms with Gasteiger partial charge in [0.15, 0.2) is 0 Å². The third-order valence-electron chi connectivity index (χ3n) is 3.84. The van der Waals surface area contributed by atoms with Crippen LogP contribution in [-0.4, -0.2) is 33.4 Å². The van der Waals surface area contributed by atoms with Crippen LogP contribution in [0.1, 0.15) is 54.8 Å². The molecule has 27 heavy (non-hydrogen) atoms. The molecule has 6 heteroatoms. The second kappa shape index (κ2) is 7.70. The molecule has 2 N–H and O–H groups in total. The summed E-state index contributed by atoms with van der Waals surface area (Å²) in [6.07, 6.45) is 0.543. The topological polar surface area (TPSA) is 93.1 Å². The van der Waals surface area contributed by atoms with Crippen LogP contribution in [-0.2, 0) is 0 Å². The SMILES string of the molecule is CC(C)(CC(C)(C)Oc1ccc(C(=O)O)cc1)Oc1ccc(C(=O)O)cc1. The van der Waals surface area contributed by atoms with E-state index in [2.05, 4.69) is 0 Å².